The normalized spacial score (nSPS) is 12.9. The average molecular weight is 222 g/mol. The van der Waals surface area contributed by atoms with Gasteiger partial charge in [-0.15, -0.1) is 5.10 Å². The van der Waals surface area contributed by atoms with Crippen LogP contribution in [0.25, 0.3) is 0 Å². The van der Waals surface area contributed by atoms with Crippen LogP contribution in [0.5, 0.6) is 0 Å². The van der Waals surface area contributed by atoms with Crippen LogP contribution in [0.4, 0.5) is 0 Å². The summed E-state index contributed by atoms with van der Waals surface area (Å²) in [7, 11) is 0. The molecule has 7 heteroatoms. The van der Waals surface area contributed by atoms with Crippen LogP contribution < -0.4 is 5.73 Å². The summed E-state index contributed by atoms with van der Waals surface area (Å²) < 4.78 is 6.51. The first-order chi connectivity index (χ1) is 7.79. The van der Waals surface area contributed by atoms with E-state index in [2.05, 4.69) is 27.4 Å². The minimum absolute atomic E-state index is 0.0542. The second-order valence-corrected chi connectivity index (χ2v) is 3.57. The van der Waals surface area contributed by atoms with Gasteiger partial charge in [-0.2, -0.15) is 4.98 Å². The molecule has 0 spiro atoms. The molecule has 1 unspecified atom stereocenters. The van der Waals surface area contributed by atoms with E-state index in [0.717, 1.165) is 18.5 Å². The molecular weight excluding hydrogens is 208 g/mol. The van der Waals surface area contributed by atoms with E-state index in [4.69, 9.17) is 10.3 Å². The largest absolute Gasteiger partial charge is 0.338 e. The first-order valence-electron chi connectivity index (χ1n) is 5.20. The lowest BCUT2D eigenvalue weighted by Gasteiger charge is -2.04. The fourth-order valence-corrected chi connectivity index (χ4v) is 1.42. The highest BCUT2D eigenvalue weighted by atomic mass is 16.5. The van der Waals surface area contributed by atoms with E-state index in [-0.39, 0.29) is 6.04 Å². The fraction of sp³-hybridized carbons (Fsp3) is 0.556. The third-order valence-corrected chi connectivity index (χ3v) is 2.24. The summed E-state index contributed by atoms with van der Waals surface area (Å²) in [6.45, 7) is 2.51. The molecule has 0 saturated heterocycles. The van der Waals surface area contributed by atoms with E-state index in [1.165, 1.54) is 6.33 Å². The van der Waals surface area contributed by atoms with Crippen molar-refractivity contribution >= 4 is 0 Å². The van der Waals surface area contributed by atoms with Crippen LogP contribution in [0, 0.1) is 0 Å². The number of nitrogens with two attached hydrogens (primary N) is 1. The van der Waals surface area contributed by atoms with Gasteiger partial charge in [0.2, 0.25) is 5.89 Å². The van der Waals surface area contributed by atoms with Crippen LogP contribution in [0.1, 0.15) is 37.4 Å². The molecule has 1 atom stereocenters. The topological polar surface area (TPSA) is 95.7 Å². The molecule has 0 radical (unpaired) electrons. The van der Waals surface area contributed by atoms with E-state index < -0.39 is 0 Å². The average Bonchev–Trinajstić information content (AvgIpc) is 2.90. The zero-order chi connectivity index (χ0) is 11.4. The van der Waals surface area contributed by atoms with E-state index in [1.807, 2.05) is 6.20 Å². The number of rotatable bonds is 5. The first kappa shape index (κ1) is 10.7. The Kier molecular flexibility index (Phi) is 3.25. The Bertz CT molecular complexity index is 423. The maximum atomic E-state index is 5.92. The van der Waals surface area contributed by atoms with Gasteiger partial charge >= 0.3 is 0 Å². The van der Waals surface area contributed by atoms with Gasteiger partial charge < -0.3 is 10.3 Å². The standard InChI is InChI=1S/C9H14N6O/c1-2-3-7(10)8-4-15(14-13-8)5-9-11-6-12-16-9/h4,6-7H,2-3,5,10H2,1H3. The molecular formula is C9H14N6O. The van der Waals surface area contributed by atoms with Crippen molar-refractivity contribution in [3.05, 3.63) is 24.1 Å². The number of hydrogen-bond donors (Lipinski definition) is 1. The highest BCUT2D eigenvalue weighted by Gasteiger charge is 2.10. The Morgan fingerprint density at radius 1 is 1.56 bits per heavy atom. The van der Waals surface area contributed by atoms with Crippen molar-refractivity contribution in [1.82, 2.24) is 25.1 Å². The Morgan fingerprint density at radius 3 is 3.12 bits per heavy atom. The predicted octanol–water partition coefficient (Wildman–Crippen LogP) is 0.509. The molecule has 2 rings (SSSR count). The first-order valence-corrected chi connectivity index (χ1v) is 5.20. The van der Waals surface area contributed by atoms with Gasteiger partial charge in [-0.3, -0.25) is 0 Å². The Hall–Kier alpha value is -1.76. The minimum atomic E-state index is -0.0542. The lowest BCUT2D eigenvalue weighted by atomic mass is 10.1. The smallest absolute Gasteiger partial charge is 0.248 e. The van der Waals surface area contributed by atoms with E-state index in [9.17, 15) is 0 Å². The maximum absolute atomic E-state index is 5.92. The van der Waals surface area contributed by atoms with Crippen molar-refractivity contribution < 1.29 is 4.52 Å². The third kappa shape index (κ3) is 2.43. The Morgan fingerprint density at radius 2 is 2.44 bits per heavy atom. The maximum Gasteiger partial charge on any atom is 0.248 e. The SMILES string of the molecule is CCCC(N)c1cn(Cc2ncno2)nn1. The van der Waals surface area contributed by atoms with Gasteiger partial charge in [-0.25, -0.2) is 4.68 Å². The van der Waals surface area contributed by atoms with Gasteiger partial charge in [0.05, 0.1) is 17.9 Å². The summed E-state index contributed by atoms with van der Waals surface area (Å²) >= 11 is 0. The predicted molar refractivity (Wildman–Crippen MR) is 55.3 cm³/mol. The minimum Gasteiger partial charge on any atom is -0.338 e. The fourth-order valence-electron chi connectivity index (χ4n) is 1.42. The van der Waals surface area contributed by atoms with Crippen LogP contribution in [0.15, 0.2) is 17.0 Å². The quantitative estimate of drug-likeness (QED) is 0.791. The molecule has 7 nitrogen and oxygen atoms in total. The second kappa shape index (κ2) is 4.84. The van der Waals surface area contributed by atoms with Crippen molar-refractivity contribution in [2.24, 2.45) is 5.73 Å². The molecule has 2 N–H and O–H groups in total. The van der Waals surface area contributed by atoms with Gasteiger partial charge in [0.25, 0.3) is 0 Å². The van der Waals surface area contributed by atoms with E-state index in [1.54, 1.807) is 4.68 Å². The van der Waals surface area contributed by atoms with Gasteiger partial charge in [0.1, 0.15) is 6.54 Å². The molecule has 86 valence electrons. The highest BCUT2D eigenvalue weighted by Crippen LogP contribution is 2.12. The molecule has 0 aliphatic rings. The van der Waals surface area contributed by atoms with Crippen molar-refractivity contribution in [3.8, 4) is 0 Å². The summed E-state index contributed by atoms with van der Waals surface area (Å²) in [5, 5.41) is 11.5. The van der Waals surface area contributed by atoms with E-state index in [0.29, 0.717) is 12.4 Å². The molecule has 0 aliphatic heterocycles. The summed E-state index contributed by atoms with van der Waals surface area (Å²) in [6.07, 6.45) is 5.09. The summed E-state index contributed by atoms with van der Waals surface area (Å²) in [4.78, 5) is 3.90. The van der Waals surface area contributed by atoms with Crippen molar-refractivity contribution in [3.63, 3.8) is 0 Å². The van der Waals surface area contributed by atoms with Crippen LogP contribution in [0.3, 0.4) is 0 Å². The number of hydrogen-bond acceptors (Lipinski definition) is 6. The molecule has 0 fully saturated rings. The van der Waals surface area contributed by atoms with Gasteiger partial charge in [-0.1, -0.05) is 23.7 Å². The van der Waals surface area contributed by atoms with Gasteiger partial charge in [0, 0.05) is 0 Å². The van der Waals surface area contributed by atoms with Crippen LogP contribution in [-0.2, 0) is 6.54 Å². The number of aromatic nitrogens is 5. The van der Waals surface area contributed by atoms with Crippen molar-refractivity contribution in [1.29, 1.82) is 0 Å². The molecule has 0 saturated carbocycles. The molecule has 2 heterocycles. The van der Waals surface area contributed by atoms with Crippen LogP contribution >= 0.6 is 0 Å². The summed E-state index contributed by atoms with van der Waals surface area (Å²) in [6, 6.07) is -0.0542. The lowest BCUT2D eigenvalue weighted by molar-refractivity contribution is 0.363. The molecule has 2 aromatic heterocycles. The third-order valence-electron chi connectivity index (χ3n) is 2.24. The highest BCUT2D eigenvalue weighted by molar-refractivity contribution is 4.99. The van der Waals surface area contributed by atoms with Gasteiger partial charge in [-0.05, 0) is 6.42 Å². The molecule has 0 aromatic carbocycles. The van der Waals surface area contributed by atoms with E-state index >= 15 is 0 Å². The Balaban J connectivity index is 2.02. The monoisotopic (exact) mass is 222 g/mol. The molecule has 0 aliphatic carbocycles. The number of nitrogens with zero attached hydrogens (tertiary/aromatic N) is 5. The van der Waals surface area contributed by atoms with Crippen molar-refractivity contribution in [2.75, 3.05) is 0 Å². The van der Waals surface area contributed by atoms with Crippen LogP contribution in [0.2, 0.25) is 0 Å². The molecule has 0 bridgehead atoms. The van der Waals surface area contributed by atoms with Gasteiger partial charge in [0.15, 0.2) is 6.33 Å². The zero-order valence-electron chi connectivity index (χ0n) is 9.08. The molecule has 2 aromatic rings. The molecule has 16 heavy (non-hydrogen) atoms. The Labute approximate surface area is 92.6 Å². The lowest BCUT2D eigenvalue weighted by Crippen LogP contribution is -2.10. The second-order valence-electron chi connectivity index (χ2n) is 3.57. The summed E-state index contributed by atoms with van der Waals surface area (Å²) in [5.41, 5.74) is 6.72. The zero-order valence-corrected chi connectivity index (χ0v) is 9.08. The molecule has 0 amide bonds. The van der Waals surface area contributed by atoms with Crippen molar-refractivity contribution in [2.45, 2.75) is 32.4 Å². The summed E-state index contributed by atoms with van der Waals surface area (Å²) in [5.74, 6) is 0.500. The van der Waals surface area contributed by atoms with Crippen LogP contribution in [-0.4, -0.2) is 25.1 Å².